The molecule has 0 unspecified atom stereocenters. The van der Waals surface area contributed by atoms with Crippen LogP contribution in [0.1, 0.15) is 46.6 Å². The topological polar surface area (TPSA) is 90.1 Å². The molecule has 2 rings (SSSR count). The monoisotopic (exact) mass is 410 g/mol. The SMILES string of the molecule is C=C(/C=c1/cc(-c2cnccc2C)nc(N)/c1=C/C)NC(=O)C(C)(C)OC.CCC. The van der Waals surface area contributed by atoms with Gasteiger partial charge in [-0.15, -0.1) is 0 Å². The summed E-state index contributed by atoms with van der Waals surface area (Å²) in [5.74, 6) is 0.125. The number of anilines is 1. The van der Waals surface area contributed by atoms with E-state index in [1.165, 1.54) is 13.5 Å². The Balaban J connectivity index is 0.00000141. The molecule has 0 spiro atoms. The van der Waals surface area contributed by atoms with Gasteiger partial charge in [-0.25, -0.2) is 4.98 Å². The van der Waals surface area contributed by atoms with Crippen LogP contribution in [-0.4, -0.2) is 28.6 Å². The Bertz CT molecular complexity index is 1010. The number of methoxy groups -OCH3 is 1. The maximum absolute atomic E-state index is 12.3. The molecule has 30 heavy (non-hydrogen) atoms. The van der Waals surface area contributed by atoms with E-state index in [1.807, 2.05) is 32.1 Å². The van der Waals surface area contributed by atoms with Crippen molar-refractivity contribution in [3.05, 3.63) is 52.8 Å². The van der Waals surface area contributed by atoms with Gasteiger partial charge in [0.25, 0.3) is 5.91 Å². The van der Waals surface area contributed by atoms with Crippen molar-refractivity contribution in [1.82, 2.24) is 15.3 Å². The largest absolute Gasteiger partial charge is 0.383 e. The first-order valence-corrected chi connectivity index (χ1v) is 10.0. The molecule has 162 valence electrons. The van der Waals surface area contributed by atoms with Gasteiger partial charge < -0.3 is 15.8 Å². The third-order valence-corrected chi connectivity index (χ3v) is 4.38. The molecular formula is C24H34N4O2. The van der Waals surface area contributed by atoms with E-state index in [2.05, 4.69) is 35.7 Å². The van der Waals surface area contributed by atoms with Gasteiger partial charge in [-0.1, -0.05) is 32.9 Å². The summed E-state index contributed by atoms with van der Waals surface area (Å²) < 4.78 is 5.19. The number of pyridine rings is 2. The number of ether oxygens (including phenoxy) is 1. The summed E-state index contributed by atoms with van der Waals surface area (Å²) in [5, 5.41) is 4.35. The molecule has 6 heteroatoms. The van der Waals surface area contributed by atoms with Crippen molar-refractivity contribution >= 4 is 23.9 Å². The third-order valence-electron chi connectivity index (χ3n) is 4.38. The van der Waals surface area contributed by atoms with Gasteiger partial charge in [0, 0.05) is 36.0 Å². The molecule has 0 aliphatic carbocycles. The lowest BCUT2D eigenvalue weighted by molar-refractivity contribution is -0.138. The van der Waals surface area contributed by atoms with E-state index in [0.717, 1.165) is 21.6 Å². The second-order valence-corrected chi connectivity index (χ2v) is 7.42. The number of rotatable bonds is 5. The molecule has 0 aliphatic heterocycles. The van der Waals surface area contributed by atoms with Crippen LogP contribution in [0.25, 0.3) is 23.4 Å². The van der Waals surface area contributed by atoms with Crippen molar-refractivity contribution in [2.75, 3.05) is 12.8 Å². The molecule has 0 bridgehead atoms. The zero-order chi connectivity index (χ0) is 22.9. The molecule has 2 aromatic heterocycles. The second kappa shape index (κ2) is 11.3. The van der Waals surface area contributed by atoms with Gasteiger partial charge in [0.05, 0.1) is 5.69 Å². The Morgan fingerprint density at radius 1 is 1.37 bits per heavy atom. The van der Waals surface area contributed by atoms with E-state index < -0.39 is 5.60 Å². The molecule has 0 saturated heterocycles. The van der Waals surface area contributed by atoms with Gasteiger partial charge in [0.1, 0.15) is 11.4 Å². The fourth-order valence-electron chi connectivity index (χ4n) is 2.51. The number of hydrogen-bond acceptors (Lipinski definition) is 5. The minimum absolute atomic E-state index is 0.279. The summed E-state index contributed by atoms with van der Waals surface area (Å²) in [7, 11) is 1.49. The molecule has 3 N–H and O–H groups in total. The molecule has 0 atom stereocenters. The highest BCUT2D eigenvalue weighted by molar-refractivity contribution is 5.87. The van der Waals surface area contributed by atoms with Gasteiger partial charge in [0.2, 0.25) is 0 Å². The summed E-state index contributed by atoms with van der Waals surface area (Å²) in [4.78, 5) is 21.0. The Kier molecular flexibility index (Phi) is 9.40. The summed E-state index contributed by atoms with van der Waals surface area (Å²) in [6.45, 7) is 15.4. The van der Waals surface area contributed by atoms with Crippen LogP contribution in [0.4, 0.5) is 5.82 Å². The fraction of sp³-hybridized carbons (Fsp3) is 0.375. The minimum atomic E-state index is -0.953. The van der Waals surface area contributed by atoms with Gasteiger partial charge in [0.15, 0.2) is 0 Å². The van der Waals surface area contributed by atoms with Crippen molar-refractivity contribution in [3.63, 3.8) is 0 Å². The van der Waals surface area contributed by atoms with E-state index in [1.54, 1.807) is 32.3 Å². The van der Waals surface area contributed by atoms with E-state index in [4.69, 9.17) is 10.5 Å². The van der Waals surface area contributed by atoms with Crippen LogP contribution < -0.4 is 21.5 Å². The van der Waals surface area contributed by atoms with Crippen LogP contribution in [0, 0.1) is 6.92 Å². The van der Waals surface area contributed by atoms with Gasteiger partial charge in [-0.05, 0) is 56.7 Å². The Morgan fingerprint density at radius 2 is 2.00 bits per heavy atom. The van der Waals surface area contributed by atoms with E-state index in [0.29, 0.717) is 17.2 Å². The highest BCUT2D eigenvalue weighted by Crippen LogP contribution is 2.18. The van der Waals surface area contributed by atoms with Crippen LogP contribution in [-0.2, 0) is 9.53 Å². The minimum Gasteiger partial charge on any atom is -0.383 e. The quantitative estimate of drug-likeness (QED) is 0.791. The molecule has 6 nitrogen and oxygen atoms in total. The van der Waals surface area contributed by atoms with Crippen LogP contribution in [0.3, 0.4) is 0 Å². The van der Waals surface area contributed by atoms with Crippen LogP contribution in [0.15, 0.2) is 36.8 Å². The first kappa shape index (κ1) is 25.0. The number of allylic oxidation sites excluding steroid dienone is 1. The smallest absolute Gasteiger partial charge is 0.256 e. The number of aryl methyl sites for hydroxylation is 1. The molecule has 0 fully saturated rings. The number of carbonyl (C=O) groups excluding carboxylic acids is 1. The first-order chi connectivity index (χ1) is 14.1. The molecule has 0 aliphatic rings. The predicted octanol–water partition coefficient (Wildman–Crippen LogP) is 3.09. The van der Waals surface area contributed by atoms with Crippen LogP contribution in [0.2, 0.25) is 0 Å². The Hall–Kier alpha value is -2.99. The zero-order valence-electron chi connectivity index (χ0n) is 19.2. The first-order valence-electron chi connectivity index (χ1n) is 10.0. The number of nitrogen functional groups attached to an aromatic ring is 1. The molecule has 1 amide bonds. The van der Waals surface area contributed by atoms with Crippen molar-refractivity contribution in [3.8, 4) is 11.3 Å². The predicted molar refractivity (Wildman–Crippen MR) is 125 cm³/mol. The molecule has 0 saturated carbocycles. The molecule has 0 radical (unpaired) electrons. The number of hydrogen-bond donors (Lipinski definition) is 2. The fourth-order valence-corrected chi connectivity index (χ4v) is 2.51. The Morgan fingerprint density at radius 3 is 2.53 bits per heavy atom. The standard InChI is InChI=1S/C21H26N4O2.C3H8/c1-7-16-15(10-14(3)24-20(26)21(4,5)27-6)11-18(25-19(16)22)17-12-23-9-8-13(17)2;1-3-2/h7-12H,3H2,1-2,4-6H3,(H2,22,25)(H,24,26);3H2,1-2H3/b15-10-,16-7+;. The number of amides is 1. The lowest BCUT2D eigenvalue weighted by atomic mass is 10.1. The summed E-state index contributed by atoms with van der Waals surface area (Å²) >= 11 is 0. The summed E-state index contributed by atoms with van der Waals surface area (Å²) in [6.07, 6.45) is 8.39. The van der Waals surface area contributed by atoms with E-state index in [9.17, 15) is 4.79 Å². The van der Waals surface area contributed by atoms with Crippen molar-refractivity contribution in [2.24, 2.45) is 0 Å². The normalized spacial score (nSPS) is 12.2. The number of nitrogens with one attached hydrogen (secondary N) is 1. The van der Waals surface area contributed by atoms with Gasteiger partial charge in [-0.3, -0.25) is 9.78 Å². The van der Waals surface area contributed by atoms with E-state index >= 15 is 0 Å². The highest BCUT2D eigenvalue weighted by Gasteiger charge is 2.26. The van der Waals surface area contributed by atoms with Crippen LogP contribution >= 0.6 is 0 Å². The third kappa shape index (κ3) is 6.52. The number of aromatic nitrogens is 2. The average molecular weight is 411 g/mol. The summed E-state index contributed by atoms with van der Waals surface area (Å²) in [5.41, 5.74) is 8.31. The molecule has 2 aromatic rings. The number of carbonyl (C=O) groups is 1. The lowest BCUT2D eigenvalue weighted by Gasteiger charge is -2.21. The van der Waals surface area contributed by atoms with Gasteiger partial charge in [-0.2, -0.15) is 0 Å². The summed E-state index contributed by atoms with van der Waals surface area (Å²) in [6, 6.07) is 3.83. The van der Waals surface area contributed by atoms with Crippen molar-refractivity contribution in [2.45, 2.75) is 53.6 Å². The highest BCUT2D eigenvalue weighted by atomic mass is 16.5. The molecule has 0 aromatic carbocycles. The zero-order valence-corrected chi connectivity index (χ0v) is 19.2. The van der Waals surface area contributed by atoms with Crippen molar-refractivity contribution in [1.29, 1.82) is 0 Å². The van der Waals surface area contributed by atoms with Crippen LogP contribution in [0.5, 0.6) is 0 Å². The number of nitrogens with zero attached hydrogens (tertiary/aromatic N) is 2. The maximum Gasteiger partial charge on any atom is 0.256 e. The van der Waals surface area contributed by atoms with E-state index in [-0.39, 0.29) is 5.91 Å². The Labute approximate surface area is 179 Å². The maximum atomic E-state index is 12.3. The molecule has 2 heterocycles. The van der Waals surface area contributed by atoms with Crippen molar-refractivity contribution < 1.29 is 9.53 Å². The lowest BCUT2D eigenvalue weighted by Crippen LogP contribution is -2.43. The van der Waals surface area contributed by atoms with Gasteiger partial charge >= 0.3 is 0 Å². The second-order valence-electron chi connectivity index (χ2n) is 7.42. The average Bonchev–Trinajstić information content (AvgIpc) is 2.68. The molecular weight excluding hydrogens is 376 g/mol. The number of nitrogens with two attached hydrogens (primary N) is 1.